The van der Waals surface area contributed by atoms with E-state index in [1.165, 1.54) is 12.1 Å². The topological polar surface area (TPSA) is 287 Å². The summed E-state index contributed by atoms with van der Waals surface area (Å²) in [6.07, 6.45) is 0.382. The Morgan fingerprint density at radius 2 is 0.606 bits per heavy atom. The molecule has 774 valence electrons. The number of amides is 4. The number of halogens is 4. The molecule has 0 bridgehead atoms. The maximum Gasteiger partial charge on any atom is 0.407 e. The van der Waals surface area contributed by atoms with Crippen molar-refractivity contribution in [1.29, 1.82) is 0 Å². The van der Waals surface area contributed by atoms with Crippen LogP contribution in [0.25, 0.3) is 22.5 Å². The van der Waals surface area contributed by atoms with Crippen LogP contribution in [0.5, 0.6) is 0 Å². The first-order valence-corrected chi connectivity index (χ1v) is 60.2. The first-order chi connectivity index (χ1) is 66.4. The van der Waals surface area contributed by atoms with Gasteiger partial charge in [-0.25, -0.2) is 46.7 Å². The molecule has 32 heteroatoms. The lowest BCUT2D eigenvalue weighted by Crippen LogP contribution is -2.51. The van der Waals surface area contributed by atoms with E-state index in [1.54, 1.807) is 12.4 Å². The molecule has 2 unspecified atom stereocenters. The molecule has 0 saturated heterocycles. The summed E-state index contributed by atoms with van der Waals surface area (Å²) in [4.78, 5) is 70.0. The van der Waals surface area contributed by atoms with Crippen molar-refractivity contribution in [2.75, 3.05) is 45.9 Å². The SMILES string of the molecule is CC(C)(C)[C@@H](NC[C@@H](CNC(=O)OCc1ccccc1)O[Si](C)(C)C(C)(C)C)c1nc(-c2cc(F)ccc2F)cn1Cc1ccccc1.CC(C)(C)[C@@H](NC[C@H](CNC(=O)OCc1ccccc1)O[Si](C)(C)C(C)(C)C)c1nc(-c2cc(F)ccc2F)cn1Cc1ccccc1.CC(C)(C)[Si](C)(C)OC(C=O)CNC(=O)OCc1ccccc1.CC(C)(C)[Si](C)(C)OC(CO)CNC(=O)OCc1ccccc1. The number of aldehydes is 1. The smallest absolute Gasteiger partial charge is 0.407 e. The fourth-order valence-electron chi connectivity index (χ4n) is 13.6. The number of aromatic nitrogens is 4. The van der Waals surface area contributed by atoms with Gasteiger partial charge in [-0.05, 0) is 153 Å². The van der Waals surface area contributed by atoms with E-state index in [-0.39, 0.29) is 126 Å². The molecule has 0 aliphatic heterocycles. The maximum absolute atomic E-state index is 15.0. The summed E-state index contributed by atoms with van der Waals surface area (Å²) in [7, 11) is -8.54. The highest BCUT2D eigenvalue weighted by molar-refractivity contribution is 6.75. The average molecular weight is 2030 g/mol. The van der Waals surface area contributed by atoms with Crippen molar-refractivity contribution >= 4 is 63.9 Å². The second-order valence-electron chi connectivity index (χ2n) is 43.9. The monoisotopic (exact) mass is 2030 g/mol. The van der Waals surface area contributed by atoms with Crippen LogP contribution in [-0.2, 0) is 81.0 Å². The summed E-state index contributed by atoms with van der Waals surface area (Å²) >= 11 is 0. The van der Waals surface area contributed by atoms with Crippen LogP contribution in [0.2, 0.25) is 72.5 Å². The summed E-state index contributed by atoms with van der Waals surface area (Å²) in [5, 5.41) is 27.9. The lowest BCUT2D eigenvalue weighted by atomic mass is 9.86. The minimum atomic E-state index is -2.25. The van der Waals surface area contributed by atoms with E-state index in [2.05, 4.69) is 209 Å². The van der Waals surface area contributed by atoms with Gasteiger partial charge in [0.2, 0.25) is 0 Å². The first kappa shape index (κ1) is 118. The van der Waals surface area contributed by atoms with Gasteiger partial charge in [-0.15, -0.1) is 0 Å². The Hall–Kier alpha value is -10.8. The number of imidazole rings is 2. The molecule has 0 radical (unpaired) electrons. The van der Waals surface area contributed by atoms with Crippen LogP contribution in [0.3, 0.4) is 0 Å². The van der Waals surface area contributed by atoms with Gasteiger partial charge in [0.25, 0.3) is 0 Å². The van der Waals surface area contributed by atoms with E-state index in [1.807, 2.05) is 191 Å². The second-order valence-corrected chi connectivity index (χ2v) is 62.9. The standard InChI is InChI=1S/2C38H50F2N4O3Si.C17H29NO4Si.C17H27NO4Si/c2*1-37(2,3)34(35-43-33(31-21-29(39)19-20-32(31)40)25-44(35)24-27-15-11-9-12-16-27)41-22-30(47-48(7,8)38(4,5)6)23-42-36(45)46-26-28-17-13-10-14-18-28;2*1-17(2,3)23(4,5)22-15(12-19)11-18-16(20)21-13-14-9-7-6-8-10-14/h2*9-21,25,30,34,41H,22-24,26H2,1-8H3,(H,42,45);6-10,15,19H,11-13H2,1-5H3,(H,18,20);6-10,12,15H,11,13H2,1-5H3,(H,18,20)/t30-,34+;30-,34-;;/m10../s1. The van der Waals surface area contributed by atoms with Crippen molar-refractivity contribution in [3.05, 3.63) is 299 Å². The van der Waals surface area contributed by atoms with Crippen LogP contribution < -0.4 is 31.9 Å². The maximum atomic E-state index is 15.0. The molecule has 8 aromatic carbocycles. The number of ether oxygens (including phenoxy) is 4. The number of nitrogens with one attached hydrogen (secondary N) is 6. The highest BCUT2D eigenvalue weighted by Crippen LogP contribution is 2.43. The largest absolute Gasteiger partial charge is 0.445 e. The molecule has 10 rings (SSSR count). The molecule has 24 nitrogen and oxygen atoms in total. The summed E-state index contributed by atoms with van der Waals surface area (Å²) in [6.45, 7) is 58.7. The Kier molecular flexibility index (Phi) is 44.7. The zero-order valence-corrected chi connectivity index (χ0v) is 92.2. The Morgan fingerprint density at radius 1 is 0.352 bits per heavy atom. The molecule has 4 amide bonds. The van der Waals surface area contributed by atoms with Gasteiger partial charge in [0, 0.05) is 69.3 Å². The van der Waals surface area contributed by atoms with Gasteiger partial charge in [-0.1, -0.05) is 307 Å². The highest BCUT2D eigenvalue weighted by atomic mass is 28.4. The zero-order valence-electron chi connectivity index (χ0n) is 88.2. The molecule has 0 spiro atoms. The molecule has 2 heterocycles. The fraction of sp³-hybridized carbons (Fsp3) is 0.464. The third-order valence-electron chi connectivity index (χ3n) is 25.9. The van der Waals surface area contributed by atoms with Gasteiger partial charge in [-0.2, -0.15) is 0 Å². The van der Waals surface area contributed by atoms with Crippen LogP contribution in [-0.4, -0.2) is 158 Å². The Bertz CT molecular complexity index is 5280. The number of rotatable bonds is 40. The Labute approximate surface area is 844 Å². The van der Waals surface area contributed by atoms with Gasteiger partial charge in [0.15, 0.2) is 33.3 Å². The van der Waals surface area contributed by atoms with Crippen molar-refractivity contribution < 1.29 is 83.3 Å². The Morgan fingerprint density at radius 3 is 0.866 bits per heavy atom. The van der Waals surface area contributed by atoms with Gasteiger partial charge in [0.05, 0.1) is 54.9 Å². The van der Waals surface area contributed by atoms with Gasteiger partial charge in [-0.3, -0.25) is 0 Å². The molecule has 0 aliphatic carbocycles. The molecule has 0 aliphatic rings. The fourth-order valence-corrected chi connectivity index (χ4v) is 18.9. The number of hydrogen-bond acceptors (Lipinski definition) is 18. The van der Waals surface area contributed by atoms with Crippen LogP contribution >= 0.6 is 0 Å². The summed E-state index contributed by atoms with van der Waals surface area (Å²) in [6, 6.07) is 64.1. The number of hydrogen-bond donors (Lipinski definition) is 7. The van der Waals surface area contributed by atoms with Gasteiger partial charge < -0.3 is 87.6 Å². The Balaban J connectivity index is 0.000000272. The molecule has 0 fully saturated rings. The van der Waals surface area contributed by atoms with Crippen LogP contribution in [0, 0.1) is 34.1 Å². The number of aliphatic hydroxyl groups excluding tert-OH is 1. The van der Waals surface area contributed by atoms with Crippen LogP contribution in [0.1, 0.15) is 182 Å². The van der Waals surface area contributed by atoms with Crippen molar-refractivity contribution in [3.8, 4) is 22.5 Å². The lowest BCUT2D eigenvalue weighted by molar-refractivity contribution is -0.114. The molecule has 0 saturated carbocycles. The first-order valence-electron chi connectivity index (χ1n) is 48.5. The minimum absolute atomic E-state index is 0.00206. The lowest BCUT2D eigenvalue weighted by Gasteiger charge is -2.40. The molecular formula is C110H156F4N10O14Si4. The molecule has 142 heavy (non-hydrogen) atoms. The zero-order chi connectivity index (χ0) is 105. The van der Waals surface area contributed by atoms with Gasteiger partial charge >= 0.3 is 24.4 Å². The van der Waals surface area contributed by atoms with E-state index in [0.29, 0.717) is 49.2 Å². The van der Waals surface area contributed by atoms with Crippen LogP contribution in [0.4, 0.5) is 36.7 Å². The quantitative estimate of drug-likeness (QED) is 0.00813. The predicted octanol–water partition coefficient (Wildman–Crippen LogP) is 24.5. The number of benzene rings is 8. The highest BCUT2D eigenvalue weighted by Gasteiger charge is 2.44. The normalized spacial score (nSPS) is 13.5. The van der Waals surface area contributed by atoms with Crippen molar-refractivity contribution in [2.24, 2.45) is 10.8 Å². The second kappa shape index (κ2) is 53.7. The van der Waals surface area contributed by atoms with Gasteiger partial charge in [0.1, 0.15) is 73.7 Å². The summed E-state index contributed by atoms with van der Waals surface area (Å²) < 4.78 is 109. The summed E-state index contributed by atoms with van der Waals surface area (Å²) in [5.41, 5.74) is 5.96. The molecule has 6 atom stereocenters. The third-order valence-corrected chi connectivity index (χ3v) is 44.0. The number of alkyl carbamates (subject to hydrolysis) is 4. The average Bonchev–Trinajstić information content (AvgIpc) is 1.65. The van der Waals surface area contributed by atoms with E-state index < -0.39 is 93.1 Å². The van der Waals surface area contributed by atoms with Crippen LogP contribution in [0.15, 0.2) is 231 Å². The number of nitrogens with zero attached hydrogens (tertiary/aromatic N) is 4. The van der Waals surface area contributed by atoms with E-state index >= 15 is 0 Å². The molecule has 2 aromatic heterocycles. The number of carbonyl (C=O) groups is 5. The minimum Gasteiger partial charge on any atom is -0.445 e. The van der Waals surface area contributed by atoms with Crippen molar-refractivity contribution in [3.63, 3.8) is 0 Å². The van der Waals surface area contributed by atoms with Crippen molar-refractivity contribution in [2.45, 2.75) is 273 Å². The predicted molar refractivity (Wildman–Crippen MR) is 567 cm³/mol. The number of carbonyl (C=O) groups excluding carboxylic acids is 5. The van der Waals surface area contributed by atoms with Crippen molar-refractivity contribution in [1.82, 2.24) is 51.0 Å². The van der Waals surface area contributed by atoms with E-state index in [9.17, 15) is 46.6 Å². The molecule has 7 N–H and O–H groups in total. The third kappa shape index (κ3) is 39.1. The van der Waals surface area contributed by atoms with E-state index in [4.69, 9.17) is 46.6 Å². The molecule has 10 aromatic rings. The molecular weight excluding hydrogens is 1870 g/mol. The van der Waals surface area contributed by atoms with E-state index in [0.717, 1.165) is 63.9 Å². The number of aliphatic hydroxyl groups is 1. The summed E-state index contributed by atoms with van der Waals surface area (Å²) in [5.74, 6) is -0.771.